The fourth-order valence-corrected chi connectivity index (χ4v) is 4.99. The molecule has 2 aromatic heterocycles. The molecule has 7 heteroatoms. The highest BCUT2D eigenvalue weighted by Gasteiger charge is 2.42. The van der Waals surface area contributed by atoms with Gasteiger partial charge in [-0.2, -0.15) is 9.84 Å². The van der Waals surface area contributed by atoms with Gasteiger partial charge in [-0.3, -0.25) is 4.90 Å². The third-order valence-corrected chi connectivity index (χ3v) is 6.73. The summed E-state index contributed by atoms with van der Waals surface area (Å²) in [6.45, 7) is 4.30. The Morgan fingerprint density at radius 2 is 2.09 bits per heavy atom. The second kappa shape index (κ2) is 7.54. The van der Waals surface area contributed by atoms with Gasteiger partial charge in [0.2, 0.25) is 11.6 Å². The molecule has 0 spiro atoms. The second-order valence-corrected chi connectivity index (χ2v) is 8.94. The van der Waals surface area contributed by atoms with Gasteiger partial charge in [0.1, 0.15) is 0 Å². The lowest BCUT2D eigenvalue weighted by Crippen LogP contribution is -2.36. The molecule has 2 aromatic carbocycles. The molecule has 0 radical (unpaired) electrons. The lowest BCUT2D eigenvalue weighted by atomic mass is 10.1. The Bertz CT molecular complexity index is 1470. The quantitative estimate of drug-likeness (QED) is 0.467. The van der Waals surface area contributed by atoms with Gasteiger partial charge in [0.25, 0.3) is 0 Å². The first kappa shape index (κ1) is 19.6. The molecule has 6 rings (SSSR count). The van der Waals surface area contributed by atoms with Crippen LogP contribution in [0, 0.1) is 18.3 Å². The molecular weight excluding hydrogens is 410 g/mol. The number of rotatable bonds is 4. The average Bonchev–Trinajstić information content (AvgIpc) is 3.52. The van der Waals surface area contributed by atoms with E-state index in [2.05, 4.69) is 63.0 Å². The largest absolute Gasteiger partial charge is 0.353 e. The first-order chi connectivity index (χ1) is 16.1. The molecule has 1 saturated heterocycles. The van der Waals surface area contributed by atoms with Crippen LogP contribution in [0.3, 0.4) is 0 Å². The van der Waals surface area contributed by atoms with Crippen LogP contribution in [-0.4, -0.2) is 56.3 Å². The van der Waals surface area contributed by atoms with E-state index in [1.165, 1.54) is 23.4 Å². The van der Waals surface area contributed by atoms with E-state index in [9.17, 15) is 0 Å². The molecule has 0 unspecified atom stereocenters. The lowest BCUT2D eigenvalue weighted by Gasteiger charge is -2.18. The van der Waals surface area contributed by atoms with Crippen LogP contribution in [0.25, 0.3) is 22.3 Å². The highest BCUT2D eigenvalue weighted by molar-refractivity contribution is 5.87. The van der Waals surface area contributed by atoms with Crippen LogP contribution >= 0.6 is 0 Å². The van der Waals surface area contributed by atoms with E-state index in [1.807, 2.05) is 30.3 Å². The zero-order valence-corrected chi connectivity index (χ0v) is 18.6. The van der Waals surface area contributed by atoms with E-state index in [0.29, 0.717) is 17.6 Å². The van der Waals surface area contributed by atoms with Gasteiger partial charge >= 0.3 is 0 Å². The SMILES string of the molecule is Cc1cc(Nc2nccc(-c3cc4cc(C#N)ccc4[nH]3)n2)ccc1[N+]1=C2C[C@@H](C1)N(C)C2. The number of nitriles is 1. The summed E-state index contributed by atoms with van der Waals surface area (Å²) in [5.74, 6) is 0.548. The topological polar surface area (TPSA) is 83.6 Å². The Hall–Kier alpha value is -4.02. The number of hydrogen-bond acceptors (Lipinski definition) is 5. The maximum absolute atomic E-state index is 9.14. The summed E-state index contributed by atoms with van der Waals surface area (Å²) in [6.07, 6.45) is 2.94. The summed E-state index contributed by atoms with van der Waals surface area (Å²) in [5, 5.41) is 13.5. The molecule has 33 heavy (non-hydrogen) atoms. The van der Waals surface area contributed by atoms with Gasteiger partial charge in [0.05, 0.1) is 42.0 Å². The van der Waals surface area contributed by atoms with Crippen LogP contribution in [0.2, 0.25) is 0 Å². The number of hydrogen-bond donors (Lipinski definition) is 2. The highest BCUT2D eigenvalue weighted by Crippen LogP contribution is 2.31. The number of H-pyrrole nitrogens is 1. The molecule has 2 N–H and O–H groups in total. The molecule has 0 amide bonds. The monoisotopic (exact) mass is 434 g/mol. The first-order valence-electron chi connectivity index (χ1n) is 11.1. The van der Waals surface area contributed by atoms with Gasteiger partial charge in [-0.1, -0.05) is 0 Å². The van der Waals surface area contributed by atoms with Crippen LogP contribution < -0.4 is 5.32 Å². The number of aromatic nitrogens is 3. The summed E-state index contributed by atoms with van der Waals surface area (Å²) in [7, 11) is 2.21. The maximum atomic E-state index is 9.14. The number of aryl methyl sites for hydroxylation is 1. The molecule has 1 fully saturated rings. The van der Waals surface area contributed by atoms with Crippen molar-refractivity contribution in [2.45, 2.75) is 19.4 Å². The smallest absolute Gasteiger partial charge is 0.227 e. The molecule has 0 aliphatic carbocycles. The maximum Gasteiger partial charge on any atom is 0.227 e. The molecule has 2 aliphatic heterocycles. The van der Waals surface area contributed by atoms with Crippen molar-refractivity contribution in [3.8, 4) is 17.5 Å². The molecule has 4 heterocycles. The predicted molar refractivity (Wildman–Crippen MR) is 129 cm³/mol. The highest BCUT2D eigenvalue weighted by atomic mass is 15.3. The molecule has 1 atom stereocenters. The Labute approximate surface area is 192 Å². The van der Waals surface area contributed by atoms with Crippen LogP contribution in [0.5, 0.6) is 0 Å². The van der Waals surface area contributed by atoms with Gasteiger partial charge < -0.3 is 10.3 Å². The van der Waals surface area contributed by atoms with Crippen LogP contribution in [0.15, 0.2) is 54.7 Å². The van der Waals surface area contributed by atoms with Gasteiger partial charge in [0, 0.05) is 34.4 Å². The van der Waals surface area contributed by atoms with Crippen LogP contribution in [0.4, 0.5) is 17.3 Å². The summed E-state index contributed by atoms with van der Waals surface area (Å²) in [5.41, 5.74) is 8.32. The zero-order chi connectivity index (χ0) is 22.5. The van der Waals surface area contributed by atoms with Gasteiger partial charge in [0.15, 0.2) is 12.3 Å². The first-order valence-corrected chi connectivity index (χ1v) is 11.1. The predicted octanol–water partition coefficient (Wildman–Crippen LogP) is 4.35. The van der Waals surface area contributed by atoms with E-state index >= 15 is 0 Å². The molecule has 2 aliphatic rings. The normalized spacial score (nSPS) is 17.7. The zero-order valence-electron chi connectivity index (χ0n) is 18.6. The van der Waals surface area contributed by atoms with Gasteiger partial charge in [-0.15, -0.1) is 0 Å². The standard InChI is InChI=1S/C26H24N7/c1-16-9-19(4-6-25(16)33-15-20-12-21(33)14-32(20)2)29-26-28-8-7-23(31-26)24-11-18-10-17(13-27)3-5-22(18)30-24/h3-11,20,30H,12,14-15H2,1-2H3,(H,28,29,31)/q+1/t20-/m0/s1. The third kappa shape index (κ3) is 3.45. The number of likely N-dealkylation sites (N-methyl/N-ethyl adjacent to an activating group) is 1. The number of fused-ring (bicyclic) bond motifs is 3. The van der Waals surface area contributed by atoms with Gasteiger partial charge in [-0.25, -0.2) is 9.97 Å². The van der Waals surface area contributed by atoms with E-state index in [0.717, 1.165) is 41.1 Å². The number of benzene rings is 2. The van der Waals surface area contributed by atoms with Gasteiger partial charge in [-0.05, 0) is 56.4 Å². The molecule has 162 valence electrons. The molecule has 4 aromatic rings. The van der Waals surface area contributed by atoms with Crippen molar-refractivity contribution < 1.29 is 4.58 Å². The van der Waals surface area contributed by atoms with Crippen molar-refractivity contribution in [1.29, 1.82) is 5.26 Å². The van der Waals surface area contributed by atoms with E-state index < -0.39 is 0 Å². The van der Waals surface area contributed by atoms with Crippen LogP contribution in [-0.2, 0) is 0 Å². The summed E-state index contributed by atoms with van der Waals surface area (Å²) < 4.78 is 2.48. The Kier molecular flexibility index (Phi) is 4.49. The van der Waals surface area contributed by atoms with E-state index in [4.69, 9.17) is 10.2 Å². The molecule has 2 bridgehead atoms. The Morgan fingerprint density at radius 3 is 2.85 bits per heavy atom. The minimum Gasteiger partial charge on any atom is -0.353 e. The number of nitrogens with one attached hydrogen (secondary N) is 2. The van der Waals surface area contributed by atoms with Crippen LogP contribution in [0.1, 0.15) is 17.5 Å². The average molecular weight is 435 g/mol. The molecule has 7 nitrogen and oxygen atoms in total. The summed E-state index contributed by atoms with van der Waals surface area (Å²) in [6, 6.07) is 18.8. The van der Waals surface area contributed by atoms with Crippen molar-refractivity contribution >= 4 is 33.9 Å². The van der Waals surface area contributed by atoms with E-state index in [1.54, 1.807) is 6.20 Å². The molecular formula is C26H24N7+. The van der Waals surface area contributed by atoms with Crippen molar-refractivity contribution in [3.63, 3.8) is 0 Å². The number of anilines is 2. The minimum absolute atomic E-state index is 0.548. The third-order valence-electron chi connectivity index (χ3n) is 6.73. The minimum atomic E-state index is 0.548. The molecule has 0 saturated carbocycles. The van der Waals surface area contributed by atoms with Crippen molar-refractivity contribution in [3.05, 3.63) is 65.9 Å². The number of nitrogens with zero attached hydrogens (tertiary/aromatic N) is 5. The fraction of sp³-hybridized carbons (Fsp3) is 0.231. The second-order valence-electron chi connectivity index (χ2n) is 8.94. The Balaban J connectivity index is 1.26. The summed E-state index contributed by atoms with van der Waals surface area (Å²) >= 11 is 0. The lowest BCUT2D eigenvalue weighted by molar-refractivity contribution is -0.443. The Morgan fingerprint density at radius 1 is 1.18 bits per heavy atom. The van der Waals surface area contributed by atoms with Crippen molar-refractivity contribution in [2.24, 2.45) is 0 Å². The number of aromatic amines is 1. The summed E-state index contributed by atoms with van der Waals surface area (Å²) in [4.78, 5) is 14.9. The number of likely N-dealkylation sites (tertiary alicyclic amines) is 1. The van der Waals surface area contributed by atoms with Crippen molar-refractivity contribution in [2.75, 3.05) is 25.5 Å². The van der Waals surface area contributed by atoms with E-state index in [-0.39, 0.29) is 0 Å². The fourth-order valence-electron chi connectivity index (χ4n) is 4.99. The van der Waals surface area contributed by atoms with Crippen molar-refractivity contribution in [1.82, 2.24) is 19.9 Å².